The van der Waals surface area contributed by atoms with Gasteiger partial charge in [-0.15, -0.1) is 0 Å². The largest absolute Gasteiger partial charge is 0.512 e. The normalized spacial score (nSPS) is 14.5. The molecule has 0 unspecified atom stereocenters. The predicted molar refractivity (Wildman–Crippen MR) is 123 cm³/mol. The van der Waals surface area contributed by atoms with Gasteiger partial charge in [-0.1, -0.05) is 30.6 Å². The number of ether oxygens (including phenoxy) is 2. The molecule has 0 bridgehead atoms. The summed E-state index contributed by atoms with van der Waals surface area (Å²) in [6, 6.07) is 5.50. The summed E-state index contributed by atoms with van der Waals surface area (Å²) in [6.45, 7) is 0.140. The molecule has 1 amide bonds. The first-order valence-electron chi connectivity index (χ1n) is 10.7. The third-order valence-electron chi connectivity index (χ3n) is 5.96. The van der Waals surface area contributed by atoms with Gasteiger partial charge >= 0.3 is 6.16 Å². The van der Waals surface area contributed by atoms with Gasteiger partial charge in [0.25, 0.3) is 0 Å². The third kappa shape index (κ3) is 4.29. The molecule has 3 aromatic heterocycles. The lowest BCUT2D eigenvalue weighted by Crippen LogP contribution is -2.26. The summed E-state index contributed by atoms with van der Waals surface area (Å²) in [5, 5.41) is 9.42. The number of thiophene rings is 1. The molecule has 0 aromatic carbocycles. The van der Waals surface area contributed by atoms with Crippen molar-refractivity contribution in [2.24, 2.45) is 0 Å². The van der Waals surface area contributed by atoms with Gasteiger partial charge in [0.2, 0.25) is 11.8 Å². The number of carbonyl (C=O) groups excluding carboxylic acids is 1. The Kier molecular flexibility index (Phi) is 6.36. The second-order valence-corrected chi connectivity index (χ2v) is 9.22. The van der Waals surface area contributed by atoms with Crippen LogP contribution in [0.1, 0.15) is 43.6 Å². The van der Waals surface area contributed by atoms with Gasteiger partial charge in [-0.2, -0.15) is 0 Å². The molecule has 1 fully saturated rings. The van der Waals surface area contributed by atoms with Crippen LogP contribution in [0.25, 0.3) is 21.5 Å². The number of carboxylic acid groups (broad SMARTS) is 1. The Morgan fingerprint density at radius 1 is 1.25 bits per heavy atom. The molecule has 1 N–H and O–H groups in total. The molecular formula is C23H27N3O5S. The van der Waals surface area contributed by atoms with Crippen LogP contribution in [0, 0.1) is 0 Å². The number of carbonyl (C=O) groups is 2. The lowest BCUT2D eigenvalue weighted by Gasteiger charge is -2.23. The van der Waals surface area contributed by atoms with Crippen LogP contribution in [-0.2, 0) is 11.3 Å². The molecule has 3 heterocycles. The first-order chi connectivity index (χ1) is 15.4. The van der Waals surface area contributed by atoms with Crippen molar-refractivity contribution in [2.45, 2.75) is 44.6 Å². The van der Waals surface area contributed by atoms with Crippen LogP contribution in [-0.4, -0.2) is 52.8 Å². The Labute approximate surface area is 190 Å². The van der Waals surface area contributed by atoms with E-state index in [2.05, 4.69) is 4.98 Å². The maximum Gasteiger partial charge on any atom is 0.512 e. The number of nitrogens with zero attached hydrogens (tertiary/aromatic N) is 3. The molecule has 0 saturated heterocycles. The zero-order valence-electron chi connectivity index (χ0n) is 18.5. The van der Waals surface area contributed by atoms with Crippen LogP contribution >= 0.6 is 11.3 Å². The minimum Gasteiger partial charge on any atom is -0.481 e. The van der Waals surface area contributed by atoms with Crippen LogP contribution < -0.4 is 9.47 Å². The summed E-state index contributed by atoms with van der Waals surface area (Å²) in [7, 11) is 5.03. The van der Waals surface area contributed by atoms with E-state index in [0.29, 0.717) is 16.9 Å². The van der Waals surface area contributed by atoms with Crippen molar-refractivity contribution in [3.05, 3.63) is 30.0 Å². The van der Waals surface area contributed by atoms with Crippen LogP contribution in [0.3, 0.4) is 0 Å². The zero-order valence-corrected chi connectivity index (χ0v) is 19.3. The molecule has 0 spiro atoms. The highest BCUT2D eigenvalue weighted by atomic mass is 32.1. The molecule has 170 valence electrons. The van der Waals surface area contributed by atoms with Gasteiger partial charge in [0, 0.05) is 38.0 Å². The molecule has 0 radical (unpaired) electrons. The van der Waals surface area contributed by atoms with Crippen molar-refractivity contribution in [1.29, 1.82) is 0 Å². The zero-order chi connectivity index (χ0) is 22.8. The maximum atomic E-state index is 12.8. The van der Waals surface area contributed by atoms with Gasteiger partial charge in [-0.25, -0.2) is 9.78 Å². The fourth-order valence-corrected chi connectivity index (χ4v) is 5.56. The molecule has 3 aromatic rings. The molecule has 9 heteroatoms. The monoisotopic (exact) mass is 457 g/mol. The lowest BCUT2D eigenvalue weighted by molar-refractivity contribution is -0.129. The van der Waals surface area contributed by atoms with E-state index < -0.39 is 6.16 Å². The molecule has 4 rings (SSSR count). The first-order valence-corrected chi connectivity index (χ1v) is 11.5. The number of rotatable bonds is 6. The number of likely N-dealkylation sites (N-methyl/N-ethyl adjacent to an activating group) is 1. The molecule has 32 heavy (non-hydrogen) atoms. The van der Waals surface area contributed by atoms with Crippen molar-refractivity contribution in [2.75, 3.05) is 21.2 Å². The highest BCUT2D eigenvalue weighted by Crippen LogP contribution is 2.48. The highest BCUT2D eigenvalue weighted by molar-refractivity contribution is 7.21. The highest BCUT2D eigenvalue weighted by Gasteiger charge is 2.29. The molecule has 8 nitrogen and oxygen atoms in total. The van der Waals surface area contributed by atoms with E-state index in [4.69, 9.17) is 14.6 Å². The van der Waals surface area contributed by atoms with Gasteiger partial charge in [-0.05, 0) is 30.4 Å². The number of hydrogen-bond acceptors (Lipinski definition) is 6. The third-order valence-corrected chi connectivity index (χ3v) is 7.00. The van der Waals surface area contributed by atoms with Crippen molar-refractivity contribution >= 4 is 33.6 Å². The van der Waals surface area contributed by atoms with Gasteiger partial charge in [0.05, 0.1) is 23.0 Å². The smallest absolute Gasteiger partial charge is 0.481 e. The Bertz CT molecular complexity index is 1130. The summed E-state index contributed by atoms with van der Waals surface area (Å²) >= 11 is 1.32. The van der Waals surface area contributed by atoms with Crippen molar-refractivity contribution in [3.63, 3.8) is 0 Å². The van der Waals surface area contributed by atoms with Crippen molar-refractivity contribution in [3.8, 4) is 22.2 Å². The number of amides is 1. The van der Waals surface area contributed by atoms with E-state index in [1.54, 1.807) is 38.4 Å². The Balaban J connectivity index is 1.96. The first kappa shape index (κ1) is 22.1. The van der Waals surface area contributed by atoms with Crippen LogP contribution in [0.5, 0.6) is 10.9 Å². The van der Waals surface area contributed by atoms with Crippen molar-refractivity contribution in [1.82, 2.24) is 14.5 Å². The van der Waals surface area contributed by atoms with E-state index in [-0.39, 0.29) is 12.5 Å². The average molecular weight is 458 g/mol. The Morgan fingerprint density at radius 3 is 2.59 bits per heavy atom. The van der Waals surface area contributed by atoms with E-state index >= 15 is 0 Å². The minimum absolute atomic E-state index is 0.0493. The van der Waals surface area contributed by atoms with Gasteiger partial charge in [0.1, 0.15) is 6.54 Å². The number of methoxy groups -OCH3 is 1. The minimum atomic E-state index is -1.34. The summed E-state index contributed by atoms with van der Waals surface area (Å²) in [5.74, 6) is 0.802. The summed E-state index contributed by atoms with van der Waals surface area (Å²) in [6.07, 6.45) is 6.07. The second-order valence-electron chi connectivity index (χ2n) is 8.21. The van der Waals surface area contributed by atoms with Crippen LogP contribution in [0.4, 0.5) is 4.79 Å². The van der Waals surface area contributed by atoms with Crippen LogP contribution in [0.2, 0.25) is 0 Å². The van der Waals surface area contributed by atoms with Crippen molar-refractivity contribution < 1.29 is 24.2 Å². The number of aromatic nitrogens is 2. The summed E-state index contributed by atoms with van der Waals surface area (Å²) in [5.41, 5.74) is 3.84. The van der Waals surface area contributed by atoms with Gasteiger partial charge in [0.15, 0.2) is 5.06 Å². The van der Waals surface area contributed by atoms with Gasteiger partial charge in [-0.3, -0.25) is 4.79 Å². The molecule has 1 aliphatic carbocycles. The predicted octanol–water partition coefficient (Wildman–Crippen LogP) is 4.97. The summed E-state index contributed by atoms with van der Waals surface area (Å²) < 4.78 is 13.2. The fourth-order valence-electron chi connectivity index (χ4n) is 4.43. The van der Waals surface area contributed by atoms with Crippen LogP contribution in [0.15, 0.2) is 24.4 Å². The van der Waals surface area contributed by atoms with Gasteiger partial charge < -0.3 is 24.0 Å². The standard InChI is InChI=1S/C23H27N3O5S/c1-25(2)18(27)13-26-16-11-19(31-23(28)29)32-22(16)20(14-7-5-4-6-8-14)21(26)15-9-10-17(30-3)24-12-15/h9-12,14H,4-8,13H2,1-3H3,(H,28,29). The SMILES string of the molecule is COc1ccc(-c2c(C3CCCCC3)c3sc(OC(=O)O)cc3n2CC(=O)N(C)C)cn1. The van der Waals surface area contributed by atoms with E-state index in [0.717, 1.165) is 52.7 Å². The van der Waals surface area contributed by atoms with E-state index in [1.807, 2.05) is 16.7 Å². The number of pyridine rings is 1. The molecular weight excluding hydrogens is 430 g/mol. The Morgan fingerprint density at radius 2 is 2.00 bits per heavy atom. The quantitative estimate of drug-likeness (QED) is 0.526. The number of hydrogen-bond donors (Lipinski definition) is 1. The maximum absolute atomic E-state index is 12.8. The molecule has 0 aliphatic heterocycles. The molecule has 1 aliphatic rings. The fraction of sp³-hybridized carbons (Fsp3) is 0.435. The van der Waals surface area contributed by atoms with E-state index in [9.17, 15) is 9.59 Å². The lowest BCUT2D eigenvalue weighted by atomic mass is 9.83. The van der Waals surface area contributed by atoms with E-state index in [1.165, 1.54) is 17.8 Å². The topological polar surface area (TPSA) is 93.9 Å². The number of fused-ring (bicyclic) bond motifs is 1. The molecule has 0 atom stereocenters. The second kappa shape index (κ2) is 9.20. The summed E-state index contributed by atoms with van der Waals surface area (Å²) in [4.78, 5) is 29.9. The Hall–Kier alpha value is -3.07. The molecule has 1 saturated carbocycles. The average Bonchev–Trinajstić information content (AvgIpc) is 3.30.